The van der Waals surface area contributed by atoms with Gasteiger partial charge in [0.2, 0.25) is 5.95 Å². The van der Waals surface area contributed by atoms with Gasteiger partial charge in [-0.1, -0.05) is 170 Å². The smallest absolute Gasteiger partial charge is 0.238 e. The van der Waals surface area contributed by atoms with Crippen LogP contribution in [0.4, 0.5) is 0 Å². The Balaban J connectivity index is 1.17. The molecule has 10 aromatic carbocycles. The van der Waals surface area contributed by atoms with Gasteiger partial charge in [-0.25, -0.2) is 4.98 Å². The third-order valence-electron chi connectivity index (χ3n) is 12.2. The Morgan fingerprint density at radius 1 is 0.350 bits per heavy atom. The molecule has 0 spiro atoms. The van der Waals surface area contributed by atoms with Crippen LogP contribution in [0.25, 0.3) is 127 Å². The van der Waals surface area contributed by atoms with Crippen LogP contribution in [0.5, 0.6) is 0 Å². The van der Waals surface area contributed by atoms with Gasteiger partial charge >= 0.3 is 0 Å². The van der Waals surface area contributed by atoms with Crippen LogP contribution in [0.2, 0.25) is 0 Å². The van der Waals surface area contributed by atoms with Crippen LogP contribution < -0.4 is 0 Å². The summed E-state index contributed by atoms with van der Waals surface area (Å²) in [5, 5.41) is 13.4. The Labute approximate surface area is 343 Å². The summed E-state index contributed by atoms with van der Waals surface area (Å²) in [5.74, 6) is 1.72. The van der Waals surface area contributed by atoms with Gasteiger partial charge in [0.25, 0.3) is 0 Å². The van der Waals surface area contributed by atoms with Crippen molar-refractivity contribution in [2.75, 3.05) is 0 Å². The molecule has 3 aromatic heterocycles. The summed E-state index contributed by atoms with van der Waals surface area (Å²) in [6.45, 7) is 0. The lowest BCUT2D eigenvalue weighted by molar-refractivity contribution is 0.672. The molecule has 0 saturated heterocycles. The van der Waals surface area contributed by atoms with Gasteiger partial charge in [0, 0.05) is 43.4 Å². The largest absolute Gasteiger partial charge is 0.455 e. The Kier molecular flexibility index (Phi) is 6.95. The van der Waals surface area contributed by atoms with Crippen LogP contribution in [-0.4, -0.2) is 19.5 Å². The van der Waals surface area contributed by atoms with Crippen molar-refractivity contribution in [2.24, 2.45) is 0 Å². The molecule has 0 amide bonds. The van der Waals surface area contributed by atoms with E-state index >= 15 is 0 Å². The summed E-state index contributed by atoms with van der Waals surface area (Å²) >= 11 is 0. The van der Waals surface area contributed by atoms with Crippen molar-refractivity contribution in [3.05, 3.63) is 194 Å². The predicted octanol–water partition coefficient (Wildman–Crippen LogP) is 14.5. The molecule has 0 radical (unpaired) electrons. The minimum Gasteiger partial charge on any atom is -0.455 e. The number of benzene rings is 10. The second kappa shape index (κ2) is 12.7. The summed E-state index contributed by atoms with van der Waals surface area (Å²) in [6, 6.07) is 68.5. The number of rotatable bonds is 4. The summed E-state index contributed by atoms with van der Waals surface area (Å²) in [5.41, 5.74) is 7.87. The zero-order valence-corrected chi connectivity index (χ0v) is 32.2. The number of nitrogens with zero attached hydrogens (tertiary/aromatic N) is 4. The minimum absolute atomic E-state index is 0.549. The van der Waals surface area contributed by atoms with Gasteiger partial charge in [-0.05, 0) is 67.7 Å². The van der Waals surface area contributed by atoms with Crippen LogP contribution in [0.15, 0.2) is 199 Å². The fraction of sp³-hybridized carbons (Fsp3) is 0. The maximum atomic E-state index is 6.69. The van der Waals surface area contributed by atoms with E-state index in [4.69, 9.17) is 19.4 Å². The van der Waals surface area contributed by atoms with Gasteiger partial charge in [0.15, 0.2) is 11.6 Å². The molecule has 0 aliphatic rings. The van der Waals surface area contributed by atoms with E-state index in [1.165, 1.54) is 16.2 Å². The molecule has 60 heavy (non-hydrogen) atoms. The van der Waals surface area contributed by atoms with E-state index in [1.807, 2.05) is 12.1 Å². The first-order valence-corrected chi connectivity index (χ1v) is 20.3. The van der Waals surface area contributed by atoms with Crippen LogP contribution in [0.3, 0.4) is 0 Å². The number of aromatic nitrogens is 4. The topological polar surface area (TPSA) is 56.7 Å². The first-order valence-electron chi connectivity index (χ1n) is 20.3. The van der Waals surface area contributed by atoms with Gasteiger partial charge in [0.1, 0.15) is 11.2 Å². The van der Waals surface area contributed by atoms with Crippen LogP contribution in [-0.2, 0) is 0 Å². The fourth-order valence-corrected chi connectivity index (χ4v) is 9.56. The molecule has 3 heterocycles. The molecule has 0 atom stereocenters. The molecule has 5 nitrogen and oxygen atoms in total. The third kappa shape index (κ3) is 4.77. The fourth-order valence-electron chi connectivity index (χ4n) is 9.56. The molecule has 0 N–H and O–H groups in total. The summed E-state index contributed by atoms with van der Waals surface area (Å²) in [4.78, 5) is 16.4. The molecular weight excluding hydrogens is 733 g/mol. The zero-order valence-electron chi connectivity index (χ0n) is 32.2. The van der Waals surface area contributed by atoms with Gasteiger partial charge in [0.05, 0.1) is 11.0 Å². The Morgan fingerprint density at radius 2 is 0.933 bits per heavy atom. The molecule has 0 bridgehead atoms. The van der Waals surface area contributed by atoms with Gasteiger partial charge in [-0.15, -0.1) is 0 Å². The molecule has 0 aliphatic carbocycles. The molecule has 13 aromatic rings. The Bertz CT molecular complexity index is 3900. The highest BCUT2D eigenvalue weighted by atomic mass is 16.3. The van der Waals surface area contributed by atoms with E-state index in [-0.39, 0.29) is 0 Å². The molecule has 0 saturated carbocycles. The third-order valence-corrected chi connectivity index (χ3v) is 12.2. The Hall–Kier alpha value is -8.15. The molecule has 13 rings (SSSR count). The second-order valence-electron chi connectivity index (χ2n) is 15.5. The lowest BCUT2D eigenvalue weighted by Gasteiger charge is -2.14. The van der Waals surface area contributed by atoms with Gasteiger partial charge in [-0.3, -0.25) is 4.57 Å². The molecule has 278 valence electrons. The molecule has 0 fully saturated rings. The van der Waals surface area contributed by atoms with E-state index in [1.54, 1.807) is 0 Å². The van der Waals surface area contributed by atoms with Crippen molar-refractivity contribution >= 4 is 86.8 Å². The molecule has 0 unspecified atom stereocenters. The highest BCUT2D eigenvalue weighted by Crippen LogP contribution is 2.43. The lowest BCUT2D eigenvalue weighted by atomic mass is 9.95. The maximum absolute atomic E-state index is 6.69. The number of hydrogen-bond acceptors (Lipinski definition) is 4. The van der Waals surface area contributed by atoms with Crippen LogP contribution in [0.1, 0.15) is 0 Å². The number of hydrogen-bond donors (Lipinski definition) is 0. The molecule has 5 heteroatoms. The van der Waals surface area contributed by atoms with Crippen molar-refractivity contribution < 1.29 is 4.42 Å². The predicted molar refractivity (Wildman–Crippen MR) is 248 cm³/mol. The second-order valence-corrected chi connectivity index (χ2v) is 15.5. The van der Waals surface area contributed by atoms with Crippen molar-refractivity contribution in [3.8, 4) is 39.9 Å². The first-order chi connectivity index (χ1) is 29.8. The highest BCUT2D eigenvalue weighted by Gasteiger charge is 2.24. The van der Waals surface area contributed by atoms with Crippen molar-refractivity contribution in [1.29, 1.82) is 0 Å². The maximum Gasteiger partial charge on any atom is 0.238 e. The average Bonchev–Trinajstić information content (AvgIpc) is 3.88. The SMILES string of the molecule is c1ccc(-c2ccc(-c3nc(-c4cccc5oc6c7ccccc7ccc6c45)nc(-n4c5ccc6ccccc6c5c5ccc6ccccc6c54)n3)c3ccccc23)cc1. The minimum atomic E-state index is 0.549. The van der Waals surface area contributed by atoms with Gasteiger partial charge in [-0.2, -0.15) is 9.97 Å². The first kappa shape index (κ1) is 32.9. The normalized spacial score (nSPS) is 12.0. The van der Waals surface area contributed by atoms with Crippen LogP contribution in [0, 0.1) is 0 Å². The van der Waals surface area contributed by atoms with Crippen molar-refractivity contribution in [3.63, 3.8) is 0 Å². The summed E-state index contributed by atoms with van der Waals surface area (Å²) < 4.78 is 8.95. The lowest BCUT2D eigenvalue weighted by Crippen LogP contribution is -2.07. The van der Waals surface area contributed by atoms with Crippen molar-refractivity contribution in [2.45, 2.75) is 0 Å². The monoisotopic (exact) mass is 764 g/mol. The zero-order chi connectivity index (χ0) is 39.3. The van der Waals surface area contributed by atoms with E-state index in [0.29, 0.717) is 17.6 Å². The van der Waals surface area contributed by atoms with E-state index in [9.17, 15) is 0 Å². The van der Waals surface area contributed by atoms with E-state index in [0.717, 1.165) is 92.9 Å². The summed E-state index contributed by atoms with van der Waals surface area (Å²) in [6.07, 6.45) is 0. The molecular formula is C55H32N4O. The Morgan fingerprint density at radius 3 is 1.72 bits per heavy atom. The highest BCUT2D eigenvalue weighted by molar-refractivity contribution is 6.26. The number of furan rings is 1. The molecule has 0 aliphatic heterocycles. The summed E-state index contributed by atoms with van der Waals surface area (Å²) in [7, 11) is 0. The standard InChI is InChI=1S/C55H32N4O/c1-2-13-33(14-3-1)37-30-31-43(42-22-11-10-21-41(37)42)53-56-54(46-23-12-24-48-50(46)45-29-26-36-17-6-9-20-40(36)52(45)60-48)58-55(57-53)59-47-32-27-34-15-4-7-18-38(34)49(47)44-28-25-35-16-5-8-19-39(35)51(44)59/h1-32H. The average molecular weight is 765 g/mol. The van der Waals surface area contributed by atoms with Crippen LogP contribution >= 0.6 is 0 Å². The number of fused-ring (bicyclic) bond motifs is 13. The van der Waals surface area contributed by atoms with Crippen molar-refractivity contribution in [1.82, 2.24) is 19.5 Å². The quantitative estimate of drug-likeness (QED) is 0.179. The van der Waals surface area contributed by atoms with E-state index in [2.05, 4.69) is 187 Å². The van der Waals surface area contributed by atoms with E-state index < -0.39 is 0 Å². The van der Waals surface area contributed by atoms with Gasteiger partial charge < -0.3 is 4.42 Å².